The highest BCUT2D eigenvalue weighted by molar-refractivity contribution is 9.10. The third kappa shape index (κ3) is 1.75. The zero-order valence-electron chi connectivity index (χ0n) is 9.34. The summed E-state index contributed by atoms with van der Waals surface area (Å²) in [6, 6.07) is 13.6. The fourth-order valence-electron chi connectivity index (χ4n) is 1.76. The van der Waals surface area contributed by atoms with Crippen LogP contribution in [0.4, 0.5) is 5.82 Å². The van der Waals surface area contributed by atoms with Crippen molar-refractivity contribution in [2.75, 3.05) is 5.43 Å². The van der Waals surface area contributed by atoms with Crippen LogP contribution in [0.2, 0.25) is 0 Å². The van der Waals surface area contributed by atoms with E-state index < -0.39 is 0 Å². The largest absolute Gasteiger partial charge is 0.307 e. The third-order valence-corrected chi connectivity index (χ3v) is 3.33. The maximum absolute atomic E-state index is 5.35. The fraction of sp³-hybridized carbons (Fsp3) is 0. The summed E-state index contributed by atoms with van der Waals surface area (Å²) < 4.78 is 2.51. The van der Waals surface area contributed by atoms with Crippen LogP contribution in [0.15, 0.2) is 47.1 Å². The van der Waals surface area contributed by atoms with Crippen molar-refractivity contribution in [3.05, 3.63) is 47.1 Å². The lowest BCUT2D eigenvalue weighted by Crippen LogP contribution is -2.10. The Morgan fingerprint density at radius 3 is 2.61 bits per heavy atom. The van der Waals surface area contributed by atoms with E-state index in [-0.39, 0.29) is 0 Å². The van der Waals surface area contributed by atoms with Crippen molar-refractivity contribution in [2.24, 2.45) is 5.84 Å². The summed E-state index contributed by atoms with van der Waals surface area (Å²) in [7, 11) is 0. The number of nitrogen functional groups attached to an aromatic ring is 1. The number of benzene rings is 1. The molecule has 0 amide bonds. The molecule has 3 rings (SSSR count). The normalized spacial score (nSPS) is 10.8. The highest BCUT2D eigenvalue weighted by atomic mass is 79.9. The van der Waals surface area contributed by atoms with E-state index in [1.165, 1.54) is 0 Å². The molecule has 1 aromatic carbocycles. The van der Waals surface area contributed by atoms with Gasteiger partial charge in [-0.05, 0) is 28.1 Å². The zero-order chi connectivity index (χ0) is 12.5. The molecule has 0 radical (unpaired) electrons. The van der Waals surface area contributed by atoms with Crippen LogP contribution in [0, 0.1) is 0 Å². The Labute approximate surface area is 112 Å². The van der Waals surface area contributed by atoms with Crippen LogP contribution in [-0.4, -0.2) is 14.6 Å². The Morgan fingerprint density at radius 2 is 1.89 bits per heavy atom. The number of hydrogen-bond acceptors (Lipinski definition) is 4. The SMILES string of the molecule is NNc1ccc2nc(-c3ccccc3)c(Br)n2n1. The van der Waals surface area contributed by atoms with Crippen LogP contribution in [0.3, 0.4) is 0 Å². The number of imidazole rings is 1. The van der Waals surface area contributed by atoms with Gasteiger partial charge in [0.1, 0.15) is 10.3 Å². The number of halogens is 1. The lowest BCUT2D eigenvalue weighted by atomic mass is 10.2. The molecule has 0 aliphatic heterocycles. The first-order chi connectivity index (χ1) is 8.79. The highest BCUT2D eigenvalue weighted by Crippen LogP contribution is 2.28. The zero-order valence-corrected chi connectivity index (χ0v) is 10.9. The number of aromatic nitrogens is 3. The predicted octanol–water partition coefficient (Wildman–Crippen LogP) is 2.44. The van der Waals surface area contributed by atoms with Gasteiger partial charge in [0.25, 0.3) is 0 Å². The van der Waals surface area contributed by atoms with Crippen LogP contribution < -0.4 is 11.3 Å². The smallest absolute Gasteiger partial charge is 0.161 e. The average Bonchev–Trinajstić information content (AvgIpc) is 2.77. The summed E-state index contributed by atoms with van der Waals surface area (Å²) in [5, 5.41) is 4.31. The Kier molecular flexibility index (Phi) is 2.73. The van der Waals surface area contributed by atoms with E-state index in [1.807, 2.05) is 36.4 Å². The third-order valence-electron chi connectivity index (χ3n) is 2.62. The molecule has 0 bridgehead atoms. The summed E-state index contributed by atoms with van der Waals surface area (Å²) in [4.78, 5) is 4.54. The standard InChI is InChI=1S/C12H10BrN5/c13-12-11(8-4-2-1-3-5-8)15-10-7-6-9(16-14)17-18(10)12/h1-7H,14H2,(H,16,17). The number of anilines is 1. The molecule has 90 valence electrons. The topological polar surface area (TPSA) is 68.2 Å². The van der Waals surface area contributed by atoms with Crippen molar-refractivity contribution in [3.63, 3.8) is 0 Å². The van der Waals surface area contributed by atoms with Crippen molar-refractivity contribution in [2.45, 2.75) is 0 Å². The van der Waals surface area contributed by atoms with Crippen molar-refractivity contribution in [1.82, 2.24) is 14.6 Å². The van der Waals surface area contributed by atoms with Crippen LogP contribution in [-0.2, 0) is 0 Å². The molecule has 18 heavy (non-hydrogen) atoms. The van der Waals surface area contributed by atoms with E-state index in [0.29, 0.717) is 5.82 Å². The van der Waals surface area contributed by atoms with Crippen molar-refractivity contribution in [1.29, 1.82) is 0 Å². The molecule has 5 nitrogen and oxygen atoms in total. The monoisotopic (exact) mass is 303 g/mol. The maximum Gasteiger partial charge on any atom is 0.161 e. The fourth-order valence-corrected chi connectivity index (χ4v) is 2.34. The van der Waals surface area contributed by atoms with Gasteiger partial charge in [-0.2, -0.15) is 0 Å². The Balaban J connectivity index is 2.23. The lowest BCUT2D eigenvalue weighted by molar-refractivity contribution is 0.915. The number of nitrogens with one attached hydrogen (secondary N) is 1. The summed E-state index contributed by atoms with van der Waals surface area (Å²) in [6.07, 6.45) is 0. The van der Waals surface area contributed by atoms with Gasteiger partial charge in [-0.15, -0.1) is 5.10 Å². The predicted molar refractivity (Wildman–Crippen MR) is 73.9 cm³/mol. The minimum atomic E-state index is 0.584. The Hall–Kier alpha value is -1.92. The minimum absolute atomic E-state index is 0.584. The molecule has 0 aliphatic rings. The first-order valence-electron chi connectivity index (χ1n) is 5.37. The second-order valence-corrected chi connectivity index (χ2v) is 4.50. The van der Waals surface area contributed by atoms with E-state index in [0.717, 1.165) is 21.5 Å². The number of nitrogens with two attached hydrogens (primary N) is 1. The molecule has 0 saturated carbocycles. The molecule has 3 N–H and O–H groups in total. The summed E-state index contributed by atoms with van der Waals surface area (Å²) in [5.74, 6) is 5.93. The first-order valence-corrected chi connectivity index (χ1v) is 6.16. The molecule has 2 aromatic heterocycles. The Morgan fingerprint density at radius 1 is 1.11 bits per heavy atom. The molecule has 0 fully saturated rings. The molecule has 0 spiro atoms. The van der Waals surface area contributed by atoms with Gasteiger partial charge in [0.15, 0.2) is 11.5 Å². The Bertz CT molecular complexity index is 692. The number of rotatable bonds is 2. The molecule has 0 unspecified atom stereocenters. The molecule has 0 atom stereocenters. The minimum Gasteiger partial charge on any atom is -0.307 e. The van der Waals surface area contributed by atoms with E-state index in [4.69, 9.17) is 5.84 Å². The van der Waals surface area contributed by atoms with Crippen LogP contribution in [0.25, 0.3) is 16.9 Å². The summed E-state index contributed by atoms with van der Waals surface area (Å²) in [6.45, 7) is 0. The van der Waals surface area contributed by atoms with Crippen LogP contribution >= 0.6 is 15.9 Å². The quantitative estimate of drug-likeness (QED) is 0.563. The highest BCUT2D eigenvalue weighted by Gasteiger charge is 2.12. The summed E-state index contributed by atoms with van der Waals surface area (Å²) >= 11 is 3.52. The van der Waals surface area contributed by atoms with Crippen molar-refractivity contribution < 1.29 is 0 Å². The molecule has 2 heterocycles. The first kappa shape index (κ1) is 11.2. The molecule has 6 heteroatoms. The molecule has 0 saturated heterocycles. The van der Waals surface area contributed by atoms with Crippen LogP contribution in [0.5, 0.6) is 0 Å². The number of hydrogen-bond donors (Lipinski definition) is 2. The molecule has 0 aliphatic carbocycles. The second kappa shape index (κ2) is 4.40. The lowest BCUT2D eigenvalue weighted by Gasteiger charge is -1.99. The molecular weight excluding hydrogens is 294 g/mol. The van der Waals surface area contributed by atoms with Gasteiger partial charge in [0.05, 0.1) is 0 Å². The number of hydrazine groups is 1. The van der Waals surface area contributed by atoms with Gasteiger partial charge in [0, 0.05) is 5.56 Å². The average molecular weight is 304 g/mol. The van der Waals surface area contributed by atoms with Gasteiger partial charge in [-0.3, -0.25) is 0 Å². The van der Waals surface area contributed by atoms with Gasteiger partial charge in [0.2, 0.25) is 0 Å². The van der Waals surface area contributed by atoms with E-state index in [2.05, 4.69) is 31.4 Å². The van der Waals surface area contributed by atoms with E-state index in [1.54, 1.807) is 10.6 Å². The molecule has 3 aromatic rings. The number of fused-ring (bicyclic) bond motifs is 1. The van der Waals surface area contributed by atoms with E-state index >= 15 is 0 Å². The van der Waals surface area contributed by atoms with Gasteiger partial charge < -0.3 is 5.43 Å². The van der Waals surface area contributed by atoms with Gasteiger partial charge in [-0.1, -0.05) is 30.3 Å². The van der Waals surface area contributed by atoms with Crippen molar-refractivity contribution >= 4 is 27.4 Å². The van der Waals surface area contributed by atoms with Crippen molar-refractivity contribution in [3.8, 4) is 11.3 Å². The maximum atomic E-state index is 5.35. The second-order valence-electron chi connectivity index (χ2n) is 3.75. The van der Waals surface area contributed by atoms with Gasteiger partial charge >= 0.3 is 0 Å². The molecular formula is C12H10BrN5. The van der Waals surface area contributed by atoms with Gasteiger partial charge in [-0.25, -0.2) is 15.3 Å². The van der Waals surface area contributed by atoms with Crippen LogP contribution in [0.1, 0.15) is 0 Å². The summed E-state index contributed by atoms with van der Waals surface area (Å²) in [5.41, 5.74) is 5.18. The van der Waals surface area contributed by atoms with E-state index in [9.17, 15) is 0 Å². The number of nitrogens with zero attached hydrogens (tertiary/aromatic N) is 3.